The van der Waals surface area contributed by atoms with Crippen molar-refractivity contribution in [3.63, 3.8) is 0 Å². The van der Waals surface area contributed by atoms with Crippen LogP contribution in [0.3, 0.4) is 0 Å². The van der Waals surface area contributed by atoms with E-state index in [-0.39, 0.29) is 0 Å². The summed E-state index contributed by atoms with van der Waals surface area (Å²) < 4.78 is 1.03. The number of pyridine rings is 1. The average Bonchev–Trinajstić information content (AvgIpc) is 2.42. The van der Waals surface area contributed by atoms with Gasteiger partial charge in [0.15, 0.2) is 0 Å². The van der Waals surface area contributed by atoms with Crippen molar-refractivity contribution in [2.75, 3.05) is 25.0 Å². The Hall–Kier alpha value is -0.610. The van der Waals surface area contributed by atoms with Crippen molar-refractivity contribution < 1.29 is 0 Å². The average molecular weight is 326 g/mol. The van der Waals surface area contributed by atoms with E-state index >= 15 is 0 Å². The van der Waals surface area contributed by atoms with Crippen molar-refractivity contribution in [2.45, 2.75) is 45.1 Å². The number of hydrogen-bond donors (Lipinski definition) is 1. The van der Waals surface area contributed by atoms with E-state index in [4.69, 9.17) is 0 Å². The fraction of sp³-hybridized carbons (Fsp3) is 0.667. The molecule has 1 unspecified atom stereocenters. The lowest BCUT2D eigenvalue weighted by Gasteiger charge is -2.33. The number of rotatable bonds is 6. The van der Waals surface area contributed by atoms with Gasteiger partial charge in [0.05, 0.1) is 0 Å². The summed E-state index contributed by atoms with van der Waals surface area (Å²) in [6.45, 7) is 5.92. The highest BCUT2D eigenvalue weighted by atomic mass is 79.9. The van der Waals surface area contributed by atoms with Gasteiger partial charge in [-0.25, -0.2) is 4.98 Å². The van der Waals surface area contributed by atoms with Crippen molar-refractivity contribution in [3.05, 3.63) is 22.8 Å². The number of piperidine rings is 1. The molecule has 1 aliphatic rings. The van der Waals surface area contributed by atoms with Crippen molar-refractivity contribution in [1.29, 1.82) is 0 Å². The molecule has 2 heterocycles. The predicted octanol–water partition coefficient (Wildman–Crippen LogP) is 3.91. The molecule has 0 aromatic carbocycles. The standard InChI is InChI=1S/C15H24BrN3/c1-13-6-2-4-10-19(13)11-5-3-9-17-15-8-7-14(16)12-18-15/h7-8,12-13H,2-6,9-11H2,1H3,(H,17,18). The van der Waals surface area contributed by atoms with Gasteiger partial charge in [0.1, 0.15) is 5.82 Å². The van der Waals surface area contributed by atoms with Crippen LogP contribution >= 0.6 is 15.9 Å². The Balaban J connectivity index is 1.58. The molecule has 1 fully saturated rings. The summed E-state index contributed by atoms with van der Waals surface area (Å²) in [6.07, 6.45) is 8.48. The van der Waals surface area contributed by atoms with Gasteiger partial charge < -0.3 is 10.2 Å². The van der Waals surface area contributed by atoms with E-state index in [1.54, 1.807) is 0 Å². The molecule has 1 aromatic heterocycles. The molecule has 1 aliphatic heterocycles. The van der Waals surface area contributed by atoms with Crippen LogP contribution < -0.4 is 5.32 Å². The Morgan fingerprint density at radius 3 is 3.00 bits per heavy atom. The molecule has 0 amide bonds. The van der Waals surface area contributed by atoms with Gasteiger partial charge in [-0.15, -0.1) is 0 Å². The minimum atomic E-state index is 0.787. The van der Waals surface area contributed by atoms with Gasteiger partial charge in [-0.2, -0.15) is 0 Å². The van der Waals surface area contributed by atoms with E-state index < -0.39 is 0 Å². The highest BCUT2D eigenvalue weighted by Gasteiger charge is 2.16. The topological polar surface area (TPSA) is 28.2 Å². The Bertz CT molecular complexity index is 366. The van der Waals surface area contributed by atoms with Gasteiger partial charge in [-0.3, -0.25) is 0 Å². The minimum absolute atomic E-state index is 0.787. The number of unbranched alkanes of at least 4 members (excludes halogenated alkanes) is 1. The lowest BCUT2D eigenvalue weighted by Crippen LogP contribution is -2.38. The normalized spacial score (nSPS) is 20.4. The maximum absolute atomic E-state index is 4.31. The molecule has 1 aromatic rings. The van der Waals surface area contributed by atoms with Crippen LogP contribution in [0.15, 0.2) is 22.8 Å². The third-order valence-corrected chi connectivity index (χ3v) is 4.32. The van der Waals surface area contributed by atoms with Crippen molar-refractivity contribution in [2.24, 2.45) is 0 Å². The molecule has 2 rings (SSSR count). The van der Waals surface area contributed by atoms with Crippen LogP contribution in [0.5, 0.6) is 0 Å². The molecule has 4 heteroatoms. The Kier molecular flexibility index (Phi) is 6.11. The first kappa shape index (κ1) is 14.8. The zero-order chi connectivity index (χ0) is 13.5. The van der Waals surface area contributed by atoms with Crippen LogP contribution in [0.1, 0.15) is 39.0 Å². The van der Waals surface area contributed by atoms with Gasteiger partial charge >= 0.3 is 0 Å². The monoisotopic (exact) mass is 325 g/mol. The summed E-state index contributed by atoms with van der Waals surface area (Å²) >= 11 is 3.39. The first-order chi connectivity index (χ1) is 9.25. The quantitative estimate of drug-likeness (QED) is 0.804. The zero-order valence-corrected chi connectivity index (χ0v) is 13.3. The summed E-state index contributed by atoms with van der Waals surface area (Å²) in [5, 5.41) is 3.37. The molecule has 3 nitrogen and oxygen atoms in total. The maximum atomic E-state index is 4.31. The van der Waals surface area contributed by atoms with E-state index in [1.165, 1.54) is 45.2 Å². The van der Waals surface area contributed by atoms with Gasteiger partial charge in [-0.05, 0) is 73.8 Å². The highest BCUT2D eigenvalue weighted by molar-refractivity contribution is 9.10. The molecule has 0 bridgehead atoms. The Morgan fingerprint density at radius 2 is 2.26 bits per heavy atom. The molecular formula is C15H24BrN3. The van der Waals surface area contributed by atoms with Crippen molar-refractivity contribution in [3.8, 4) is 0 Å². The third kappa shape index (κ3) is 5.11. The third-order valence-electron chi connectivity index (χ3n) is 3.85. The summed E-state index contributed by atoms with van der Waals surface area (Å²) in [6, 6.07) is 4.82. The molecule has 1 N–H and O–H groups in total. The van der Waals surface area contributed by atoms with Crippen LogP contribution in [-0.4, -0.2) is 35.6 Å². The van der Waals surface area contributed by atoms with Crippen molar-refractivity contribution in [1.82, 2.24) is 9.88 Å². The van der Waals surface area contributed by atoms with E-state index in [2.05, 4.69) is 38.1 Å². The van der Waals surface area contributed by atoms with E-state index in [0.29, 0.717) is 0 Å². The van der Waals surface area contributed by atoms with Gasteiger partial charge in [0.25, 0.3) is 0 Å². The van der Waals surface area contributed by atoms with Crippen LogP contribution in [-0.2, 0) is 0 Å². The number of nitrogens with zero attached hydrogens (tertiary/aromatic N) is 2. The number of halogens is 1. The van der Waals surface area contributed by atoms with E-state index in [9.17, 15) is 0 Å². The SMILES string of the molecule is CC1CCCCN1CCCCNc1ccc(Br)cn1. The van der Waals surface area contributed by atoms with Gasteiger partial charge in [-0.1, -0.05) is 6.42 Å². The number of hydrogen-bond acceptors (Lipinski definition) is 3. The summed E-state index contributed by atoms with van der Waals surface area (Å²) in [5.41, 5.74) is 0. The highest BCUT2D eigenvalue weighted by Crippen LogP contribution is 2.16. The Labute approximate surface area is 124 Å². The molecular weight excluding hydrogens is 302 g/mol. The van der Waals surface area contributed by atoms with Crippen molar-refractivity contribution >= 4 is 21.7 Å². The molecule has 0 saturated carbocycles. The first-order valence-electron chi connectivity index (χ1n) is 7.35. The maximum Gasteiger partial charge on any atom is 0.125 e. The molecule has 19 heavy (non-hydrogen) atoms. The summed E-state index contributed by atoms with van der Waals surface area (Å²) in [4.78, 5) is 6.95. The van der Waals surface area contributed by atoms with Crippen LogP contribution in [0, 0.1) is 0 Å². The molecule has 0 spiro atoms. The summed E-state index contributed by atoms with van der Waals surface area (Å²) in [7, 11) is 0. The van der Waals surface area contributed by atoms with Gasteiger partial charge in [0, 0.05) is 23.3 Å². The van der Waals surface area contributed by atoms with E-state index in [1.807, 2.05) is 18.3 Å². The second kappa shape index (κ2) is 7.85. The first-order valence-corrected chi connectivity index (χ1v) is 8.14. The second-order valence-electron chi connectivity index (χ2n) is 5.38. The molecule has 0 radical (unpaired) electrons. The van der Waals surface area contributed by atoms with Gasteiger partial charge in [0.2, 0.25) is 0 Å². The largest absolute Gasteiger partial charge is 0.370 e. The number of nitrogens with one attached hydrogen (secondary N) is 1. The fourth-order valence-corrected chi connectivity index (χ4v) is 2.86. The number of aromatic nitrogens is 1. The smallest absolute Gasteiger partial charge is 0.125 e. The lowest BCUT2D eigenvalue weighted by atomic mass is 10.0. The molecule has 106 valence electrons. The number of anilines is 1. The van der Waals surface area contributed by atoms with Crippen LogP contribution in [0.4, 0.5) is 5.82 Å². The minimum Gasteiger partial charge on any atom is -0.370 e. The summed E-state index contributed by atoms with van der Waals surface area (Å²) in [5.74, 6) is 0.967. The lowest BCUT2D eigenvalue weighted by molar-refractivity contribution is 0.158. The molecule has 1 saturated heterocycles. The predicted molar refractivity (Wildman–Crippen MR) is 84.5 cm³/mol. The second-order valence-corrected chi connectivity index (χ2v) is 6.29. The molecule has 0 aliphatic carbocycles. The zero-order valence-electron chi connectivity index (χ0n) is 11.7. The fourth-order valence-electron chi connectivity index (χ4n) is 2.63. The molecule has 1 atom stereocenters. The van der Waals surface area contributed by atoms with Crippen LogP contribution in [0.2, 0.25) is 0 Å². The van der Waals surface area contributed by atoms with Crippen LogP contribution in [0.25, 0.3) is 0 Å². The van der Waals surface area contributed by atoms with E-state index in [0.717, 1.165) is 22.9 Å². The Morgan fingerprint density at radius 1 is 1.37 bits per heavy atom. The number of likely N-dealkylation sites (tertiary alicyclic amines) is 1.